The number of benzene rings is 1. The van der Waals surface area contributed by atoms with Gasteiger partial charge in [0.2, 0.25) is 0 Å². The van der Waals surface area contributed by atoms with Gasteiger partial charge in [-0.05, 0) is 52.7 Å². The fraction of sp³-hybridized carbons (Fsp3) is 0.462. The van der Waals surface area contributed by atoms with E-state index in [-0.39, 0.29) is 23.6 Å². The van der Waals surface area contributed by atoms with Crippen LogP contribution in [0, 0.1) is 11.2 Å². The van der Waals surface area contributed by atoms with Gasteiger partial charge in [-0.15, -0.1) is 0 Å². The minimum absolute atomic E-state index is 0.0441. The molecule has 0 unspecified atom stereocenters. The Hall–Kier alpha value is -1.14. The number of hydrogen-bond acceptors (Lipinski definition) is 3. The van der Waals surface area contributed by atoms with Crippen LogP contribution in [-0.4, -0.2) is 24.2 Å². The molecule has 4 nitrogen and oxygen atoms in total. The fourth-order valence-electron chi connectivity index (χ4n) is 2.03. The number of nitrogens with two attached hydrogens (primary N) is 1. The molecule has 2 rings (SSSR count). The van der Waals surface area contributed by atoms with E-state index >= 15 is 0 Å². The van der Waals surface area contributed by atoms with Gasteiger partial charge in [0.1, 0.15) is 5.82 Å². The molecule has 1 amide bonds. The van der Waals surface area contributed by atoms with Crippen molar-refractivity contribution in [1.29, 1.82) is 0 Å². The molecule has 1 aromatic carbocycles. The van der Waals surface area contributed by atoms with Crippen molar-refractivity contribution in [3.8, 4) is 0 Å². The second-order valence-corrected chi connectivity index (χ2v) is 5.86. The SMILES string of the molecule is Nc1cc(C(=O)NCC2(CCO)CC2)c(Br)cc1F. The summed E-state index contributed by atoms with van der Waals surface area (Å²) in [7, 11) is 0. The van der Waals surface area contributed by atoms with Gasteiger partial charge in [-0.2, -0.15) is 0 Å². The molecule has 0 aliphatic heterocycles. The van der Waals surface area contributed by atoms with Gasteiger partial charge in [-0.3, -0.25) is 4.79 Å². The van der Waals surface area contributed by atoms with Crippen LogP contribution in [0.2, 0.25) is 0 Å². The van der Waals surface area contributed by atoms with E-state index < -0.39 is 5.82 Å². The van der Waals surface area contributed by atoms with Crippen LogP contribution >= 0.6 is 15.9 Å². The molecule has 104 valence electrons. The van der Waals surface area contributed by atoms with Crippen molar-refractivity contribution in [2.24, 2.45) is 5.41 Å². The summed E-state index contributed by atoms with van der Waals surface area (Å²) >= 11 is 3.15. The molecular weight excluding hydrogens is 315 g/mol. The van der Waals surface area contributed by atoms with Crippen molar-refractivity contribution in [1.82, 2.24) is 5.32 Å². The molecule has 1 aromatic rings. The highest BCUT2D eigenvalue weighted by atomic mass is 79.9. The first-order valence-electron chi connectivity index (χ1n) is 6.11. The molecule has 0 spiro atoms. The first-order chi connectivity index (χ1) is 8.97. The highest BCUT2D eigenvalue weighted by Crippen LogP contribution is 2.47. The zero-order valence-electron chi connectivity index (χ0n) is 10.4. The molecule has 0 bridgehead atoms. The summed E-state index contributed by atoms with van der Waals surface area (Å²) in [4.78, 5) is 12.0. The van der Waals surface area contributed by atoms with E-state index in [9.17, 15) is 9.18 Å². The lowest BCUT2D eigenvalue weighted by atomic mass is 10.0. The number of carbonyl (C=O) groups excluding carboxylic acids is 1. The van der Waals surface area contributed by atoms with Gasteiger partial charge in [0.15, 0.2) is 0 Å². The van der Waals surface area contributed by atoms with Crippen molar-refractivity contribution in [2.45, 2.75) is 19.3 Å². The maximum Gasteiger partial charge on any atom is 0.252 e. The summed E-state index contributed by atoms with van der Waals surface area (Å²) in [6.45, 7) is 0.652. The van der Waals surface area contributed by atoms with Crippen molar-refractivity contribution in [2.75, 3.05) is 18.9 Å². The molecule has 1 aliphatic carbocycles. The Morgan fingerprint density at radius 3 is 2.79 bits per heavy atom. The lowest BCUT2D eigenvalue weighted by molar-refractivity contribution is 0.0940. The number of carbonyl (C=O) groups is 1. The third kappa shape index (κ3) is 3.25. The summed E-state index contributed by atoms with van der Waals surface area (Å²) in [6.07, 6.45) is 2.72. The molecule has 0 saturated heterocycles. The van der Waals surface area contributed by atoms with Crippen LogP contribution in [0.1, 0.15) is 29.6 Å². The summed E-state index contributed by atoms with van der Waals surface area (Å²) in [5.41, 5.74) is 5.77. The third-order valence-electron chi connectivity index (χ3n) is 3.55. The predicted octanol–water partition coefficient (Wildman–Crippen LogP) is 2.06. The average molecular weight is 331 g/mol. The Morgan fingerprint density at radius 1 is 1.53 bits per heavy atom. The third-order valence-corrected chi connectivity index (χ3v) is 4.21. The van der Waals surface area contributed by atoms with Crippen LogP contribution < -0.4 is 11.1 Å². The standard InChI is InChI=1S/C13H16BrFN2O2/c14-9-6-10(15)11(16)5-8(9)12(19)17-7-13(1-2-13)3-4-18/h5-6,18H,1-4,7,16H2,(H,17,19). The van der Waals surface area contributed by atoms with Crippen molar-refractivity contribution >= 4 is 27.5 Å². The Balaban J connectivity index is 2.02. The minimum Gasteiger partial charge on any atom is -0.396 e. The normalized spacial score (nSPS) is 16.2. The number of amides is 1. The first-order valence-corrected chi connectivity index (χ1v) is 6.90. The van der Waals surface area contributed by atoms with Gasteiger partial charge < -0.3 is 16.2 Å². The number of nitrogens with one attached hydrogen (secondary N) is 1. The van der Waals surface area contributed by atoms with Crippen LogP contribution in [0.25, 0.3) is 0 Å². The van der Waals surface area contributed by atoms with E-state index in [1.54, 1.807) is 0 Å². The van der Waals surface area contributed by atoms with Gasteiger partial charge in [0.05, 0.1) is 11.3 Å². The van der Waals surface area contributed by atoms with E-state index in [4.69, 9.17) is 10.8 Å². The average Bonchev–Trinajstić information content (AvgIpc) is 3.12. The first kappa shape index (κ1) is 14.3. The molecule has 0 atom stereocenters. The summed E-state index contributed by atoms with van der Waals surface area (Å²) in [6, 6.07) is 2.51. The maximum absolute atomic E-state index is 13.2. The summed E-state index contributed by atoms with van der Waals surface area (Å²) in [5, 5.41) is 11.8. The van der Waals surface area contributed by atoms with E-state index in [2.05, 4.69) is 21.2 Å². The quantitative estimate of drug-likeness (QED) is 0.723. The molecule has 1 aliphatic rings. The van der Waals surface area contributed by atoms with E-state index in [1.807, 2.05) is 0 Å². The summed E-state index contributed by atoms with van der Waals surface area (Å²) in [5.74, 6) is -0.842. The van der Waals surface area contributed by atoms with E-state index in [1.165, 1.54) is 12.1 Å². The van der Waals surface area contributed by atoms with Gasteiger partial charge in [0.25, 0.3) is 5.91 Å². The van der Waals surface area contributed by atoms with Crippen molar-refractivity contribution in [3.05, 3.63) is 28.0 Å². The van der Waals surface area contributed by atoms with Crippen LogP contribution in [-0.2, 0) is 0 Å². The van der Waals surface area contributed by atoms with Gasteiger partial charge in [-0.25, -0.2) is 4.39 Å². The Labute approximate surface area is 119 Å². The number of rotatable bonds is 5. The largest absolute Gasteiger partial charge is 0.396 e. The van der Waals surface area contributed by atoms with Gasteiger partial charge in [0, 0.05) is 17.6 Å². The van der Waals surface area contributed by atoms with Crippen molar-refractivity contribution < 1.29 is 14.3 Å². The molecule has 1 fully saturated rings. The molecule has 0 aromatic heterocycles. The Morgan fingerprint density at radius 2 is 2.21 bits per heavy atom. The Bertz CT molecular complexity index is 504. The van der Waals surface area contributed by atoms with Gasteiger partial charge in [-0.1, -0.05) is 0 Å². The van der Waals surface area contributed by atoms with Crippen LogP contribution in [0.4, 0.5) is 10.1 Å². The molecular formula is C13H16BrFN2O2. The second kappa shape index (κ2) is 5.46. The van der Waals surface area contributed by atoms with E-state index in [0.717, 1.165) is 12.8 Å². The van der Waals surface area contributed by atoms with Crippen LogP contribution in [0.5, 0.6) is 0 Å². The predicted molar refractivity (Wildman–Crippen MR) is 74.2 cm³/mol. The zero-order chi connectivity index (χ0) is 14.0. The molecule has 6 heteroatoms. The zero-order valence-corrected chi connectivity index (χ0v) is 12.0. The fourth-order valence-corrected chi connectivity index (χ4v) is 2.53. The minimum atomic E-state index is -0.553. The highest BCUT2D eigenvalue weighted by Gasteiger charge is 2.41. The molecule has 4 N–H and O–H groups in total. The Kier molecular flexibility index (Phi) is 4.10. The molecule has 1 saturated carbocycles. The number of hydrogen-bond donors (Lipinski definition) is 3. The van der Waals surface area contributed by atoms with Gasteiger partial charge >= 0.3 is 0 Å². The second-order valence-electron chi connectivity index (χ2n) is 5.01. The lowest BCUT2D eigenvalue weighted by Gasteiger charge is -2.15. The van der Waals surface area contributed by atoms with Crippen molar-refractivity contribution in [3.63, 3.8) is 0 Å². The smallest absolute Gasteiger partial charge is 0.252 e. The molecule has 0 radical (unpaired) electrons. The number of anilines is 1. The summed E-state index contributed by atoms with van der Waals surface area (Å²) < 4.78 is 13.6. The van der Waals surface area contributed by atoms with Crippen LogP contribution in [0.15, 0.2) is 16.6 Å². The molecule has 19 heavy (non-hydrogen) atoms. The highest BCUT2D eigenvalue weighted by molar-refractivity contribution is 9.10. The number of nitrogen functional groups attached to an aromatic ring is 1. The number of halogens is 2. The van der Waals surface area contributed by atoms with Crippen LogP contribution in [0.3, 0.4) is 0 Å². The number of aliphatic hydroxyl groups is 1. The lowest BCUT2D eigenvalue weighted by Crippen LogP contribution is -2.31. The number of aliphatic hydroxyl groups excluding tert-OH is 1. The topological polar surface area (TPSA) is 75.4 Å². The van der Waals surface area contributed by atoms with E-state index in [0.29, 0.717) is 23.0 Å². The molecule has 0 heterocycles. The monoisotopic (exact) mass is 330 g/mol. The maximum atomic E-state index is 13.2.